The van der Waals surface area contributed by atoms with Gasteiger partial charge in [0.05, 0.1) is 4.90 Å². The molecule has 9 heteroatoms. The first-order chi connectivity index (χ1) is 13.3. The van der Waals surface area contributed by atoms with Gasteiger partial charge in [-0.2, -0.15) is 0 Å². The molecule has 7 nitrogen and oxygen atoms in total. The molecule has 3 rings (SSSR count). The van der Waals surface area contributed by atoms with E-state index in [0.717, 1.165) is 6.07 Å². The van der Waals surface area contributed by atoms with Crippen LogP contribution in [0.2, 0.25) is 0 Å². The fourth-order valence-corrected chi connectivity index (χ4v) is 4.36. The molecule has 0 bridgehead atoms. The fourth-order valence-electron chi connectivity index (χ4n) is 3.22. The normalized spacial score (nSPS) is 15.6. The SMILES string of the molecule is Cn1cccc(C(=O)N2CCC(CNS(=O)(=O)c3cccc(F)c3)CC2)c1=O. The molecule has 0 atom stereocenters. The van der Waals surface area contributed by atoms with Crippen LogP contribution in [-0.4, -0.2) is 43.4 Å². The first-order valence-corrected chi connectivity index (χ1v) is 10.5. The number of carbonyl (C=O) groups is 1. The maximum absolute atomic E-state index is 13.3. The first kappa shape index (κ1) is 20.2. The summed E-state index contributed by atoms with van der Waals surface area (Å²) in [7, 11) is -2.19. The quantitative estimate of drug-likeness (QED) is 0.811. The zero-order chi connectivity index (χ0) is 20.3. The van der Waals surface area contributed by atoms with Crippen molar-refractivity contribution in [1.29, 1.82) is 0 Å². The maximum atomic E-state index is 13.3. The van der Waals surface area contributed by atoms with Gasteiger partial charge >= 0.3 is 0 Å². The molecule has 28 heavy (non-hydrogen) atoms. The molecule has 1 aliphatic rings. The number of pyridine rings is 1. The molecule has 1 aromatic heterocycles. The third-order valence-corrected chi connectivity index (χ3v) is 6.35. The molecule has 1 fully saturated rings. The van der Waals surface area contributed by atoms with E-state index in [4.69, 9.17) is 0 Å². The highest BCUT2D eigenvalue weighted by Gasteiger charge is 2.26. The van der Waals surface area contributed by atoms with E-state index in [0.29, 0.717) is 25.9 Å². The van der Waals surface area contributed by atoms with Crippen molar-refractivity contribution < 1.29 is 17.6 Å². The lowest BCUT2D eigenvalue weighted by molar-refractivity contribution is 0.0689. The van der Waals surface area contributed by atoms with Gasteiger partial charge in [0, 0.05) is 32.9 Å². The number of nitrogens with one attached hydrogen (secondary N) is 1. The largest absolute Gasteiger partial charge is 0.338 e. The van der Waals surface area contributed by atoms with Crippen molar-refractivity contribution in [1.82, 2.24) is 14.2 Å². The Labute approximate surface area is 162 Å². The zero-order valence-electron chi connectivity index (χ0n) is 15.5. The Morgan fingerprint density at radius 3 is 2.61 bits per heavy atom. The number of sulfonamides is 1. The van der Waals surface area contributed by atoms with Crippen molar-refractivity contribution in [2.24, 2.45) is 13.0 Å². The molecule has 1 amide bonds. The Morgan fingerprint density at radius 2 is 1.93 bits per heavy atom. The summed E-state index contributed by atoms with van der Waals surface area (Å²) in [6.07, 6.45) is 2.82. The van der Waals surface area contributed by atoms with Crippen LogP contribution in [0.1, 0.15) is 23.2 Å². The Balaban J connectivity index is 1.56. The van der Waals surface area contributed by atoms with Gasteiger partial charge in [-0.25, -0.2) is 17.5 Å². The van der Waals surface area contributed by atoms with E-state index in [1.54, 1.807) is 24.2 Å². The summed E-state index contributed by atoms with van der Waals surface area (Å²) in [6.45, 7) is 1.11. The predicted octanol–water partition coefficient (Wildman–Crippen LogP) is 1.36. The van der Waals surface area contributed by atoms with Gasteiger partial charge in [-0.3, -0.25) is 9.59 Å². The highest BCUT2D eigenvalue weighted by Crippen LogP contribution is 2.19. The Morgan fingerprint density at radius 1 is 1.21 bits per heavy atom. The van der Waals surface area contributed by atoms with Crippen molar-refractivity contribution in [3.05, 3.63) is 64.3 Å². The molecule has 150 valence electrons. The summed E-state index contributed by atoms with van der Waals surface area (Å²) in [5, 5.41) is 0. The molecular weight excluding hydrogens is 385 g/mol. The Kier molecular flexibility index (Phi) is 5.95. The minimum absolute atomic E-state index is 0.0611. The molecule has 1 N–H and O–H groups in total. The number of aromatic nitrogens is 1. The third-order valence-electron chi connectivity index (χ3n) is 4.92. The van der Waals surface area contributed by atoms with Crippen LogP contribution in [0, 0.1) is 11.7 Å². The molecule has 0 unspecified atom stereocenters. The van der Waals surface area contributed by atoms with Crippen LogP contribution < -0.4 is 10.3 Å². The lowest BCUT2D eigenvalue weighted by Crippen LogP contribution is -2.43. The number of piperidine rings is 1. The van der Waals surface area contributed by atoms with Crippen LogP contribution in [0.15, 0.2) is 52.3 Å². The van der Waals surface area contributed by atoms with E-state index < -0.39 is 15.8 Å². The Bertz CT molecular complexity index is 1030. The fraction of sp³-hybridized carbons (Fsp3) is 0.368. The van der Waals surface area contributed by atoms with E-state index >= 15 is 0 Å². The molecule has 1 aliphatic heterocycles. The summed E-state index contributed by atoms with van der Waals surface area (Å²) in [6, 6.07) is 8.02. The minimum atomic E-state index is -3.78. The van der Waals surface area contributed by atoms with E-state index in [1.807, 2.05) is 0 Å². The van der Waals surface area contributed by atoms with Crippen LogP contribution >= 0.6 is 0 Å². The first-order valence-electron chi connectivity index (χ1n) is 8.98. The van der Waals surface area contributed by atoms with Gasteiger partial charge in [0.1, 0.15) is 11.4 Å². The summed E-state index contributed by atoms with van der Waals surface area (Å²) >= 11 is 0. The number of benzene rings is 1. The topological polar surface area (TPSA) is 88.5 Å². The van der Waals surface area contributed by atoms with Crippen molar-refractivity contribution in [3.8, 4) is 0 Å². The van der Waals surface area contributed by atoms with Gasteiger partial charge in [0.15, 0.2) is 0 Å². The molecule has 1 saturated heterocycles. The van der Waals surface area contributed by atoms with Gasteiger partial charge < -0.3 is 9.47 Å². The van der Waals surface area contributed by atoms with Gasteiger partial charge in [0.25, 0.3) is 11.5 Å². The summed E-state index contributed by atoms with van der Waals surface area (Å²) < 4.78 is 41.7. The summed E-state index contributed by atoms with van der Waals surface area (Å²) in [4.78, 5) is 26.2. The lowest BCUT2D eigenvalue weighted by atomic mass is 9.97. The molecule has 0 spiro atoms. The number of halogens is 1. The van der Waals surface area contributed by atoms with Gasteiger partial charge in [-0.1, -0.05) is 6.07 Å². The Hall–Kier alpha value is -2.52. The number of likely N-dealkylation sites (tertiary alicyclic amines) is 1. The zero-order valence-corrected chi connectivity index (χ0v) is 16.3. The summed E-state index contributed by atoms with van der Waals surface area (Å²) in [5.74, 6) is -0.854. The smallest absolute Gasteiger partial charge is 0.263 e. The van der Waals surface area contributed by atoms with E-state index in [9.17, 15) is 22.4 Å². The second-order valence-corrected chi connectivity index (χ2v) is 8.65. The lowest BCUT2D eigenvalue weighted by Gasteiger charge is -2.32. The van der Waals surface area contributed by atoms with Crippen LogP contribution in [0.5, 0.6) is 0 Å². The number of hydrogen-bond acceptors (Lipinski definition) is 4. The average Bonchev–Trinajstić information content (AvgIpc) is 2.68. The van der Waals surface area contributed by atoms with Crippen molar-refractivity contribution in [3.63, 3.8) is 0 Å². The molecular formula is C19H22FN3O4S. The van der Waals surface area contributed by atoms with E-state index in [1.165, 1.54) is 28.8 Å². The number of rotatable bonds is 5. The minimum Gasteiger partial charge on any atom is -0.338 e. The van der Waals surface area contributed by atoms with Crippen LogP contribution in [-0.2, 0) is 17.1 Å². The second kappa shape index (κ2) is 8.24. The maximum Gasteiger partial charge on any atom is 0.263 e. The molecule has 0 saturated carbocycles. The second-order valence-electron chi connectivity index (χ2n) is 6.88. The number of nitrogens with zero attached hydrogens (tertiary/aromatic N) is 2. The van der Waals surface area contributed by atoms with Gasteiger partial charge in [-0.05, 0) is 49.1 Å². The molecule has 1 aromatic carbocycles. The molecule has 0 radical (unpaired) electrons. The number of carbonyl (C=O) groups excluding carboxylic acids is 1. The number of amides is 1. The van der Waals surface area contributed by atoms with E-state index in [2.05, 4.69) is 4.72 Å². The summed E-state index contributed by atoms with van der Waals surface area (Å²) in [5.41, 5.74) is -0.201. The molecule has 2 heterocycles. The van der Waals surface area contributed by atoms with Gasteiger partial charge in [-0.15, -0.1) is 0 Å². The van der Waals surface area contributed by atoms with E-state index in [-0.39, 0.29) is 34.4 Å². The highest BCUT2D eigenvalue weighted by atomic mass is 32.2. The molecule has 2 aromatic rings. The standard InChI is InChI=1S/C19H22FN3O4S/c1-22-9-3-6-17(18(22)24)19(25)23-10-7-14(8-11-23)13-21-28(26,27)16-5-2-4-15(20)12-16/h2-6,9,12,14,21H,7-8,10-11,13H2,1H3. The number of aryl methyl sites for hydroxylation is 1. The predicted molar refractivity (Wildman–Crippen MR) is 102 cm³/mol. The van der Waals surface area contributed by atoms with Crippen LogP contribution in [0.25, 0.3) is 0 Å². The monoisotopic (exact) mass is 407 g/mol. The number of hydrogen-bond donors (Lipinski definition) is 1. The van der Waals surface area contributed by atoms with Crippen molar-refractivity contribution >= 4 is 15.9 Å². The molecule has 0 aliphatic carbocycles. The highest BCUT2D eigenvalue weighted by molar-refractivity contribution is 7.89. The van der Waals surface area contributed by atoms with Crippen molar-refractivity contribution in [2.45, 2.75) is 17.7 Å². The van der Waals surface area contributed by atoms with Crippen molar-refractivity contribution in [2.75, 3.05) is 19.6 Å². The van der Waals surface area contributed by atoms with Gasteiger partial charge in [0.2, 0.25) is 10.0 Å². The third kappa shape index (κ3) is 4.48. The van der Waals surface area contributed by atoms with Crippen LogP contribution in [0.3, 0.4) is 0 Å². The average molecular weight is 407 g/mol. The van der Waals surface area contributed by atoms with Crippen LogP contribution in [0.4, 0.5) is 4.39 Å².